The fourth-order valence-corrected chi connectivity index (χ4v) is 1.39. The Balaban J connectivity index is 3.32. The maximum atomic E-state index is 8.97. The average molecular weight is 221 g/mol. The van der Waals surface area contributed by atoms with E-state index in [-0.39, 0.29) is 15.5 Å². The minimum Gasteiger partial charge on any atom is -0.497 e. The summed E-state index contributed by atoms with van der Waals surface area (Å²) in [6, 6.07) is 3.04. The third-order valence-electron chi connectivity index (χ3n) is 1.57. The standard InChI is InChI=1S/C7H7BCl2O3/c1-13-5-3-2-4(9)7(10)6(5)8(11)12/h2-3,11-12H,1H3. The highest BCUT2D eigenvalue weighted by molar-refractivity contribution is 6.65. The van der Waals surface area contributed by atoms with Gasteiger partial charge in [0.05, 0.1) is 17.2 Å². The molecule has 0 saturated heterocycles. The molecule has 0 aliphatic rings. The summed E-state index contributed by atoms with van der Waals surface area (Å²) in [6.07, 6.45) is 0. The molecule has 0 radical (unpaired) electrons. The first kappa shape index (κ1) is 10.7. The van der Waals surface area contributed by atoms with E-state index in [1.807, 2.05) is 0 Å². The van der Waals surface area contributed by atoms with Gasteiger partial charge in [0, 0.05) is 5.46 Å². The summed E-state index contributed by atoms with van der Waals surface area (Å²) in [7, 11) is -0.285. The summed E-state index contributed by atoms with van der Waals surface area (Å²) >= 11 is 11.4. The third-order valence-corrected chi connectivity index (χ3v) is 2.39. The molecule has 0 aromatic heterocycles. The molecule has 0 fully saturated rings. The van der Waals surface area contributed by atoms with E-state index < -0.39 is 7.12 Å². The van der Waals surface area contributed by atoms with Crippen LogP contribution in [0, 0.1) is 0 Å². The fourth-order valence-electron chi connectivity index (χ4n) is 0.967. The smallest absolute Gasteiger partial charge is 0.493 e. The summed E-state index contributed by atoms with van der Waals surface area (Å²) in [4.78, 5) is 0. The lowest BCUT2D eigenvalue weighted by molar-refractivity contribution is 0.403. The molecule has 0 unspecified atom stereocenters. The predicted molar refractivity (Wildman–Crippen MR) is 52.8 cm³/mol. The van der Waals surface area contributed by atoms with Crippen LogP contribution in [0.3, 0.4) is 0 Å². The van der Waals surface area contributed by atoms with Crippen LogP contribution in [0.15, 0.2) is 12.1 Å². The van der Waals surface area contributed by atoms with Crippen LogP contribution in [-0.4, -0.2) is 24.3 Å². The van der Waals surface area contributed by atoms with E-state index >= 15 is 0 Å². The first-order valence-electron chi connectivity index (χ1n) is 3.46. The van der Waals surface area contributed by atoms with Crippen LogP contribution in [0.4, 0.5) is 0 Å². The van der Waals surface area contributed by atoms with Crippen molar-refractivity contribution in [2.24, 2.45) is 0 Å². The van der Waals surface area contributed by atoms with Crippen molar-refractivity contribution in [2.45, 2.75) is 0 Å². The second-order valence-electron chi connectivity index (χ2n) is 2.35. The molecule has 13 heavy (non-hydrogen) atoms. The predicted octanol–water partition coefficient (Wildman–Crippen LogP) is 0.682. The molecule has 0 saturated carbocycles. The van der Waals surface area contributed by atoms with Gasteiger partial charge in [-0.25, -0.2) is 0 Å². The van der Waals surface area contributed by atoms with Gasteiger partial charge in [-0.05, 0) is 12.1 Å². The van der Waals surface area contributed by atoms with E-state index in [1.165, 1.54) is 19.2 Å². The van der Waals surface area contributed by atoms with Crippen LogP contribution in [0.25, 0.3) is 0 Å². The van der Waals surface area contributed by atoms with Gasteiger partial charge < -0.3 is 14.8 Å². The third kappa shape index (κ3) is 2.09. The van der Waals surface area contributed by atoms with E-state index in [0.717, 1.165) is 0 Å². The van der Waals surface area contributed by atoms with Gasteiger partial charge in [0.1, 0.15) is 5.75 Å². The maximum absolute atomic E-state index is 8.97. The van der Waals surface area contributed by atoms with Crippen molar-refractivity contribution in [2.75, 3.05) is 7.11 Å². The van der Waals surface area contributed by atoms with Crippen molar-refractivity contribution >= 4 is 35.8 Å². The van der Waals surface area contributed by atoms with Crippen LogP contribution in [0.1, 0.15) is 0 Å². The Labute approximate surface area is 86.0 Å². The van der Waals surface area contributed by atoms with E-state index in [0.29, 0.717) is 5.75 Å². The second-order valence-corrected chi connectivity index (χ2v) is 3.14. The molecule has 0 bridgehead atoms. The van der Waals surface area contributed by atoms with Gasteiger partial charge in [0.15, 0.2) is 0 Å². The van der Waals surface area contributed by atoms with Crippen LogP contribution < -0.4 is 10.2 Å². The van der Waals surface area contributed by atoms with Crippen LogP contribution in [-0.2, 0) is 0 Å². The molecule has 0 aliphatic carbocycles. The molecule has 1 aromatic carbocycles. The van der Waals surface area contributed by atoms with Gasteiger partial charge in [-0.1, -0.05) is 23.2 Å². The normalized spacial score (nSPS) is 9.92. The Morgan fingerprint density at radius 2 is 1.92 bits per heavy atom. The number of hydrogen-bond donors (Lipinski definition) is 2. The largest absolute Gasteiger partial charge is 0.497 e. The Bertz CT molecular complexity index is 317. The van der Waals surface area contributed by atoms with E-state index in [2.05, 4.69) is 0 Å². The summed E-state index contributed by atoms with van der Waals surface area (Å²) in [5.74, 6) is 0.296. The Morgan fingerprint density at radius 3 is 2.38 bits per heavy atom. The Kier molecular flexibility index (Phi) is 3.44. The maximum Gasteiger partial charge on any atom is 0.493 e. The molecule has 0 heterocycles. The first-order valence-corrected chi connectivity index (χ1v) is 4.21. The molecular weight excluding hydrogens is 214 g/mol. The zero-order valence-electron chi connectivity index (χ0n) is 6.79. The van der Waals surface area contributed by atoms with Gasteiger partial charge in [-0.3, -0.25) is 0 Å². The molecule has 3 nitrogen and oxygen atoms in total. The lowest BCUT2D eigenvalue weighted by atomic mass is 9.79. The lowest BCUT2D eigenvalue weighted by Gasteiger charge is -2.10. The van der Waals surface area contributed by atoms with Gasteiger partial charge in [0.25, 0.3) is 0 Å². The number of methoxy groups -OCH3 is 1. The number of benzene rings is 1. The molecule has 70 valence electrons. The zero-order chi connectivity index (χ0) is 10.0. The minimum atomic E-state index is -1.69. The molecule has 0 aliphatic heterocycles. The molecule has 6 heteroatoms. The average Bonchev–Trinajstić information content (AvgIpc) is 2.08. The van der Waals surface area contributed by atoms with Gasteiger partial charge in [-0.2, -0.15) is 0 Å². The van der Waals surface area contributed by atoms with Crippen molar-refractivity contribution in [1.82, 2.24) is 0 Å². The molecule has 2 N–H and O–H groups in total. The second kappa shape index (κ2) is 4.20. The highest BCUT2D eigenvalue weighted by atomic mass is 35.5. The molecule has 0 amide bonds. The van der Waals surface area contributed by atoms with Crippen LogP contribution in [0.2, 0.25) is 10.0 Å². The SMILES string of the molecule is COc1ccc(Cl)c(Cl)c1B(O)O. The van der Waals surface area contributed by atoms with Crippen molar-refractivity contribution < 1.29 is 14.8 Å². The van der Waals surface area contributed by atoms with E-state index in [1.54, 1.807) is 0 Å². The highest BCUT2D eigenvalue weighted by Crippen LogP contribution is 2.24. The number of ether oxygens (including phenoxy) is 1. The molecule has 1 rings (SSSR count). The van der Waals surface area contributed by atoms with Crippen molar-refractivity contribution in [3.05, 3.63) is 22.2 Å². The van der Waals surface area contributed by atoms with Crippen LogP contribution >= 0.6 is 23.2 Å². The van der Waals surface area contributed by atoms with E-state index in [9.17, 15) is 0 Å². The topological polar surface area (TPSA) is 49.7 Å². The summed E-state index contributed by atoms with van der Waals surface area (Å²) in [5.41, 5.74) is 0.0802. The Hall–Kier alpha value is -0.415. The quantitative estimate of drug-likeness (QED) is 0.721. The number of halogens is 2. The first-order chi connectivity index (χ1) is 6.07. The van der Waals surface area contributed by atoms with E-state index in [4.69, 9.17) is 38.0 Å². The summed E-state index contributed by atoms with van der Waals surface area (Å²) < 4.78 is 4.88. The summed E-state index contributed by atoms with van der Waals surface area (Å²) in [5, 5.41) is 18.3. The molecule has 1 aromatic rings. The van der Waals surface area contributed by atoms with Crippen LogP contribution in [0.5, 0.6) is 5.75 Å². The van der Waals surface area contributed by atoms with Crippen molar-refractivity contribution in [3.8, 4) is 5.75 Å². The van der Waals surface area contributed by atoms with Gasteiger partial charge >= 0.3 is 7.12 Å². The molecule has 0 spiro atoms. The van der Waals surface area contributed by atoms with Crippen molar-refractivity contribution in [1.29, 1.82) is 0 Å². The number of rotatable bonds is 2. The van der Waals surface area contributed by atoms with Gasteiger partial charge in [0.2, 0.25) is 0 Å². The molecular formula is C7H7BCl2O3. The Morgan fingerprint density at radius 1 is 1.31 bits per heavy atom. The van der Waals surface area contributed by atoms with Gasteiger partial charge in [-0.15, -0.1) is 0 Å². The monoisotopic (exact) mass is 220 g/mol. The number of hydrogen-bond acceptors (Lipinski definition) is 3. The van der Waals surface area contributed by atoms with Crippen molar-refractivity contribution in [3.63, 3.8) is 0 Å². The molecule has 0 atom stereocenters. The minimum absolute atomic E-state index is 0.0802. The highest BCUT2D eigenvalue weighted by Gasteiger charge is 2.22. The zero-order valence-corrected chi connectivity index (χ0v) is 8.30. The fraction of sp³-hybridized carbons (Fsp3) is 0.143. The lowest BCUT2D eigenvalue weighted by Crippen LogP contribution is -2.32. The summed E-state index contributed by atoms with van der Waals surface area (Å²) in [6.45, 7) is 0.